The molecule has 2 heterocycles. The van der Waals surface area contributed by atoms with Gasteiger partial charge in [0.05, 0.1) is 5.01 Å². The number of rotatable bonds is 9. The molecule has 0 radical (unpaired) electrons. The Morgan fingerprint density at radius 1 is 1.36 bits per heavy atom. The van der Waals surface area contributed by atoms with Gasteiger partial charge in [0.1, 0.15) is 0 Å². The molecule has 0 fully saturated rings. The predicted octanol–water partition coefficient (Wildman–Crippen LogP) is 2.95. The van der Waals surface area contributed by atoms with Crippen molar-refractivity contribution in [2.45, 2.75) is 40.2 Å². The summed E-state index contributed by atoms with van der Waals surface area (Å²) in [5.74, 6) is 1.31. The van der Waals surface area contributed by atoms with Crippen LogP contribution in [0.3, 0.4) is 0 Å². The van der Waals surface area contributed by atoms with E-state index in [4.69, 9.17) is 0 Å². The summed E-state index contributed by atoms with van der Waals surface area (Å²) in [5.41, 5.74) is 0. The lowest BCUT2D eigenvalue weighted by molar-refractivity contribution is 0.458. The van der Waals surface area contributed by atoms with E-state index in [1.54, 1.807) is 11.3 Å². The summed E-state index contributed by atoms with van der Waals surface area (Å²) in [6, 6.07) is 1.95. The Hall–Kier alpha value is -1.16. The molecule has 0 saturated carbocycles. The number of thiazole rings is 1. The average Bonchev–Trinajstić information content (AvgIpc) is 3.24. The summed E-state index contributed by atoms with van der Waals surface area (Å²) in [5, 5.41) is 12.1. The monoisotopic (exact) mass is 476 g/mol. The van der Waals surface area contributed by atoms with Crippen molar-refractivity contribution in [1.29, 1.82) is 0 Å². The minimum atomic E-state index is 0. The number of aliphatic imine (C=N–C) groups is 1. The fourth-order valence-corrected chi connectivity index (χ4v) is 3.15. The highest BCUT2D eigenvalue weighted by atomic mass is 127. The van der Waals surface area contributed by atoms with Gasteiger partial charge in [-0.05, 0) is 25.3 Å². The largest absolute Gasteiger partial charge is 0.357 e. The van der Waals surface area contributed by atoms with Gasteiger partial charge in [-0.15, -0.1) is 35.3 Å². The van der Waals surface area contributed by atoms with Crippen LogP contribution in [-0.2, 0) is 19.4 Å². The molecule has 0 aromatic carbocycles. The van der Waals surface area contributed by atoms with Crippen molar-refractivity contribution >= 4 is 41.3 Å². The normalized spacial score (nSPS) is 12.5. The van der Waals surface area contributed by atoms with Crippen LogP contribution in [0.5, 0.6) is 0 Å². The fourth-order valence-electron chi connectivity index (χ4n) is 2.29. The molecule has 0 aliphatic heterocycles. The van der Waals surface area contributed by atoms with E-state index in [9.17, 15) is 0 Å². The van der Waals surface area contributed by atoms with Crippen molar-refractivity contribution in [2.24, 2.45) is 10.9 Å². The Labute approximate surface area is 171 Å². The molecule has 0 aliphatic carbocycles. The number of halogens is 1. The Morgan fingerprint density at radius 3 is 2.84 bits per heavy atom. The van der Waals surface area contributed by atoms with E-state index in [0.29, 0.717) is 5.92 Å². The van der Waals surface area contributed by atoms with Crippen molar-refractivity contribution in [3.05, 3.63) is 34.5 Å². The van der Waals surface area contributed by atoms with Gasteiger partial charge in [-0.25, -0.2) is 4.98 Å². The molecule has 2 N–H and O–H groups in total. The van der Waals surface area contributed by atoms with Crippen LogP contribution < -0.4 is 10.6 Å². The van der Waals surface area contributed by atoms with E-state index >= 15 is 0 Å². The number of hydrogen-bond donors (Lipinski definition) is 2. The number of aromatic nitrogens is 3. The first-order valence-electron chi connectivity index (χ1n) is 8.64. The highest BCUT2D eigenvalue weighted by Crippen LogP contribution is 2.13. The summed E-state index contributed by atoms with van der Waals surface area (Å²) in [7, 11) is 0. The Bertz CT molecular complexity index is 610. The summed E-state index contributed by atoms with van der Waals surface area (Å²) >= 11 is 1.80. The van der Waals surface area contributed by atoms with Crippen LogP contribution >= 0.6 is 35.3 Å². The topological polar surface area (TPSA) is 67.1 Å². The molecule has 2 rings (SSSR count). The van der Waals surface area contributed by atoms with Gasteiger partial charge in [0.2, 0.25) is 0 Å². The Morgan fingerprint density at radius 2 is 2.20 bits per heavy atom. The SMILES string of the molecule is CCNC(=NCC(C)Cn1cccn1)NCCc1ncc(CC)s1.I. The van der Waals surface area contributed by atoms with Crippen LogP contribution in [0.4, 0.5) is 0 Å². The zero-order valence-corrected chi connectivity index (χ0v) is 18.4. The highest BCUT2D eigenvalue weighted by molar-refractivity contribution is 14.0. The molecule has 1 unspecified atom stereocenters. The molecule has 25 heavy (non-hydrogen) atoms. The van der Waals surface area contributed by atoms with Gasteiger partial charge in [-0.1, -0.05) is 13.8 Å². The molecule has 140 valence electrons. The summed E-state index contributed by atoms with van der Waals surface area (Å²) < 4.78 is 1.95. The van der Waals surface area contributed by atoms with Gasteiger partial charge in [-0.3, -0.25) is 9.67 Å². The lowest BCUT2D eigenvalue weighted by Crippen LogP contribution is -2.38. The minimum Gasteiger partial charge on any atom is -0.357 e. The zero-order valence-electron chi connectivity index (χ0n) is 15.2. The predicted molar refractivity (Wildman–Crippen MR) is 116 cm³/mol. The van der Waals surface area contributed by atoms with E-state index in [1.807, 2.05) is 29.3 Å². The maximum Gasteiger partial charge on any atom is 0.191 e. The van der Waals surface area contributed by atoms with Gasteiger partial charge in [-0.2, -0.15) is 5.10 Å². The average molecular weight is 476 g/mol. The van der Waals surface area contributed by atoms with Gasteiger partial charge < -0.3 is 10.6 Å². The van der Waals surface area contributed by atoms with Crippen molar-refractivity contribution < 1.29 is 0 Å². The lowest BCUT2D eigenvalue weighted by atomic mass is 10.2. The number of aryl methyl sites for hydroxylation is 1. The maximum absolute atomic E-state index is 4.68. The van der Waals surface area contributed by atoms with Crippen molar-refractivity contribution in [3.63, 3.8) is 0 Å². The van der Waals surface area contributed by atoms with Crippen LogP contribution in [0, 0.1) is 5.92 Å². The maximum atomic E-state index is 4.68. The zero-order chi connectivity index (χ0) is 17.2. The van der Waals surface area contributed by atoms with Crippen molar-refractivity contribution in [3.8, 4) is 0 Å². The van der Waals surface area contributed by atoms with E-state index in [-0.39, 0.29) is 24.0 Å². The van der Waals surface area contributed by atoms with Gasteiger partial charge in [0.15, 0.2) is 5.96 Å². The van der Waals surface area contributed by atoms with E-state index < -0.39 is 0 Å². The summed E-state index contributed by atoms with van der Waals surface area (Å²) in [4.78, 5) is 10.5. The van der Waals surface area contributed by atoms with Crippen LogP contribution in [0.1, 0.15) is 30.7 Å². The van der Waals surface area contributed by atoms with Gasteiger partial charge >= 0.3 is 0 Å². The second-order valence-electron chi connectivity index (χ2n) is 5.80. The molecule has 0 saturated heterocycles. The number of nitrogens with zero attached hydrogens (tertiary/aromatic N) is 4. The number of hydrogen-bond acceptors (Lipinski definition) is 4. The van der Waals surface area contributed by atoms with E-state index in [0.717, 1.165) is 45.0 Å². The van der Waals surface area contributed by atoms with Crippen molar-refractivity contribution in [2.75, 3.05) is 19.6 Å². The van der Waals surface area contributed by atoms with Crippen LogP contribution in [-0.4, -0.2) is 40.4 Å². The third-order valence-electron chi connectivity index (χ3n) is 3.54. The summed E-state index contributed by atoms with van der Waals surface area (Å²) in [6.45, 7) is 9.79. The lowest BCUT2D eigenvalue weighted by Gasteiger charge is -2.13. The smallest absolute Gasteiger partial charge is 0.191 e. The van der Waals surface area contributed by atoms with Gasteiger partial charge in [0.25, 0.3) is 0 Å². The first-order chi connectivity index (χ1) is 11.7. The molecule has 0 aliphatic rings. The molecular weight excluding hydrogens is 447 g/mol. The third kappa shape index (κ3) is 8.17. The molecule has 2 aromatic heterocycles. The van der Waals surface area contributed by atoms with Crippen LogP contribution in [0.25, 0.3) is 0 Å². The van der Waals surface area contributed by atoms with Crippen LogP contribution in [0.2, 0.25) is 0 Å². The second kappa shape index (κ2) is 12.2. The Balaban J connectivity index is 0.00000312. The molecule has 0 spiro atoms. The van der Waals surface area contributed by atoms with Crippen LogP contribution in [0.15, 0.2) is 29.6 Å². The third-order valence-corrected chi connectivity index (χ3v) is 4.75. The van der Waals surface area contributed by atoms with Gasteiger partial charge in [0, 0.05) is 56.1 Å². The van der Waals surface area contributed by atoms with E-state index in [1.165, 1.54) is 9.88 Å². The Kier molecular flexibility index (Phi) is 10.7. The molecule has 8 heteroatoms. The fraction of sp³-hybridized carbons (Fsp3) is 0.588. The molecule has 6 nitrogen and oxygen atoms in total. The van der Waals surface area contributed by atoms with Crippen molar-refractivity contribution in [1.82, 2.24) is 25.4 Å². The van der Waals surface area contributed by atoms with E-state index in [2.05, 4.69) is 46.5 Å². The highest BCUT2D eigenvalue weighted by Gasteiger charge is 2.05. The standard InChI is InChI=1S/C17H28N6S.HI/c1-4-15-12-20-16(24-15)7-9-19-17(18-5-2)21-11-14(3)13-23-10-6-8-22-23;/h6,8,10,12,14H,4-5,7,9,11,13H2,1-3H3,(H2,18,19,21);1H. The first kappa shape index (κ1) is 21.9. The number of guanidine groups is 1. The second-order valence-corrected chi connectivity index (χ2v) is 7.00. The summed E-state index contributed by atoms with van der Waals surface area (Å²) in [6.07, 6.45) is 7.77. The quantitative estimate of drug-likeness (QED) is 0.332. The molecule has 2 aromatic rings. The molecular formula is C17H29IN6S. The minimum absolute atomic E-state index is 0. The molecule has 0 bridgehead atoms. The first-order valence-corrected chi connectivity index (χ1v) is 9.46. The number of nitrogens with one attached hydrogen (secondary N) is 2. The molecule has 1 atom stereocenters. The molecule has 0 amide bonds.